The van der Waals surface area contributed by atoms with E-state index in [4.69, 9.17) is 0 Å². The van der Waals surface area contributed by atoms with Gasteiger partial charge in [-0.1, -0.05) is 18.9 Å². The number of sulfonamides is 1. The summed E-state index contributed by atoms with van der Waals surface area (Å²) in [7, 11) is -3.56. The van der Waals surface area contributed by atoms with Gasteiger partial charge in [0.1, 0.15) is 0 Å². The first-order chi connectivity index (χ1) is 9.94. The van der Waals surface area contributed by atoms with E-state index in [0.29, 0.717) is 12.1 Å². The third kappa shape index (κ3) is 3.83. The third-order valence-electron chi connectivity index (χ3n) is 3.78. The number of nitrogens with one attached hydrogen (secondary N) is 2. The van der Waals surface area contributed by atoms with Gasteiger partial charge in [0.05, 0.1) is 4.90 Å². The van der Waals surface area contributed by atoms with Gasteiger partial charge in [0.25, 0.3) is 5.91 Å². The normalized spacial score (nSPS) is 16.1. The first-order valence-corrected chi connectivity index (χ1v) is 8.83. The molecule has 0 saturated heterocycles. The SMILES string of the molecule is CCNC(=O)c1cc(S(=O)(=O)NC2CCCC2)ccc1C. The summed E-state index contributed by atoms with van der Waals surface area (Å²) in [4.78, 5) is 12.1. The quantitative estimate of drug-likeness (QED) is 0.873. The smallest absolute Gasteiger partial charge is 0.251 e. The minimum absolute atomic E-state index is 0.0178. The van der Waals surface area contributed by atoms with Crippen LogP contribution in [0.1, 0.15) is 48.5 Å². The molecule has 1 aliphatic carbocycles. The van der Waals surface area contributed by atoms with Crippen LogP contribution in [0, 0.1) is 6.92 Å². The summed E-state index contributed by atoms with van der Waals surface area (Å²) < 4.78 is 27.5. The Labute approximate surface area is 126 Å². The van der Waals surface area contributed by atoms with Gasteiger partial charge in [-0.3, -0.25) is 4.79 Å². The van der Waals surface area contributed by atoms with E-state index in [1.807, 2.05) is 6.92 Å². The van der Waals surface area contributed by atoms with Crippen molar-refractivity contribution in [2.75, 3.05) is 6.54 Å². The van der Waals surface area contributed by atoms with Gasteiger partial charge < -0.3 is 5.32 Å². The van der Waals surface area contributed by atoms with Crippen molar-refractivity contribution in [1.82, 2.24) is 10.0 Å². The number of aryl methyl sites for hydroxylation is 1. The highest BCUT2D eigenvalue weighted by Crippen LogP contribution is 2.21. The Kier molecular flexibility index (Phi) is 5.00. The first kappa shape index (κ1) is 16.0. The Morgan fingerprint density at radius 2 is 1.95 bits per heavy atom. The summed E-state index contributed by atoms with van der Waals surface area (Å²) in [5.41, 5.74) is 1.17. The van der Waals surface area contributed by atoms with Gasteiger partial charge in [0.2, 0.25) is 10.0 Å². The first-order valence-electron chi connectivity index (χ1n) is 7.35. The molecule has 0 bridgehead atoms. The highest BCUT2D eigenvalue weighted by Gasteiger charge is 2.24. The maximum absolute atomic E-state index is 12.4. The number of hydrogen-bond donors (Lipinski definition) is 2. The molecule has 21 heavy (non-hydrogen) atoms. The van der Waals surface area contributed by atoms with Crippen molar-refractivity contribution in [3.63, 3.8) is 0 Å². The van der Waals surface area contributed by atoms with Gasteiger partial charge in [-0.2, -0.15) is 0 Å². The van der Waals surface area contributed by atoms with Gasteiger partial charge in [-0.05, 0) is 44.4 Å². The molecule has 1 aliphatic rings. The lowest BCUT2D eigenvalue weighted by Gasteiger charge is -2.14. The highest BCUT2D eigenvalue weighted by molar-refractivity contribution is 7.89. The van der Waals surface area contributed by atoms with Crippen LogP contribution in [0.25, 0.3) is 0 Å². The number of carbonyl (C=O) groups excluding carboxylic acids is 1. The molecule has 1 fully saturated rings. The molecule has 116 valence electrons. The topological polar surface area (TPSA) is 75.3 Å². The van der Waals surface area contributed by atoms with Crippen LogP contribution in [0.2, 0.25) is 0 Å². The van der Waals surface area contributed by atoms with E-state index in [1.165, 1.54) is 6.07 Å². The average Bonchev–Trinajstić information content (AvgIpc) is 2.91. The zero-order chi connectivity index (χ0) is 15.5. The van der Waals surface area contributed by atoms with Crippen molar-refractivity contribution in [3.8, 4) is 0 Å². The second-order valence-electron chi connectivity index (χ2n) is 5.44. The summed E-state index contributed by atoms with van der Waals surface area (Å²) >= 11 is 0. The Morgan fingerprint density at radius 3 is 2.57 bits per heavy atom. The molecule has 5 nitrogen and oxygen atoms in total. The van der Waals surface area contributed by atoms with Crippen LogP contribution in [0.15, 0.2) is 23.1 Å². The molecule has 0 aromatic heterocycles. The second-order valence-corrected chi connectivity index (χ2v) is 7.15. The van der Waals surface area contributed by atoms with Crippen LogP contribution in [-0.2, 0) is 10.0 Å². The van der Waals surface area contributed by atoms with Crippen LogP contribution < -0.4 is 10.0 Å². The maximum Gasteiger partial charge on any atom is 0.251 e. The van der Waals surface area contributed by atoms with E-state index in [2.05, 4.69) is 10.0 Å². The number of rotatable bonds is 5. The minimum Gasteiger partial charge on any atom is -0.352 e. The van der Waals surface area contributed by atoms with Crippen molar-refractivity contribution in [2.45, 2.75) is 50.5 Å². The molecule has 0 unspecified atom stereocenters. The van der Waals surface area contributed by atoms with E-state index < -0.39 is 10.0 Å². The number of hydrogen-bond acceptors (Lipinski definition) is 3. The summed E-state index contributed by atoms with van der Waals surface area (Å²) in [5.74, 6) is -0.243. The molecule has 0 aliphatic heterocycles. The number of benzene rings is 1. The lowest BCUT2D eigenvalue weighted by molar-refractivity contribution is 0.0955. The van der Waals surface area contributed by atoms with E-state index >= 15 is 0 Å². The largest absolute Gasteiger partial charge is 0.352 e. The monoisotopic (exact) mass is 310 g/mol. The van der Waals surface area contributed by atoms with Crippen LogP contribution in [-0.4, -0.2) is 26.9 Å². The summed E-state index contributed by atoms with van der Waals surface area (Å²) in [6.45, 7) is 4.14. The van der Waals surface area contributed by atoms with Crippen LogP contribution in [0.3, 0.4) is 0 Å². The standard InChI is InChI=1S/C15H22N2O3S/c1-3-16-15(18)14-10-13(9-8-11(14)2)21(19,20)17-12-6-4-5-7-12/h8-10,12,17H,3-7H2,1-2H3,(H,16,18). The Balaban J connectivity index is 2.26. The molecule has 0 radical (unpaired) electrons. The van der Waals surface area contributed by atoms with Crippen molar-refractivity contribution in [3.05, 3.63) is 29.3 Å². The molecule has 0 heterocycles. The molecule has 0 spiro atoms. The minimum atomic E-state index is -3.56. The predicted octanol–water partition coefficient (Wildman–Crippen LogP) is 1.97. The fraction of sp³-hybridized carbons (Fsp3) is 0.533. The fourth-order valence-electron chi connectivity index (χ4n) is 2.60. The van der Waals surface area contributed by atoms with Gasteiger partial charge in [0, 0.05) is 18.2 Å². The van der Waals surface area contributed by atoms with Crippen molar-refractivity contribution < 1.29 is 13.2 Å². The Bertz CT molecular complexity index is 620. The molecular weight excluding hydrogens is 288 g/mol. The van der Waals surface area contributed by atoms with E-state index in [1.54, 1.807) is 19.1 Å². The molecule has 1 aromatic rings. The predicted molar refractivity (Wildman–Crippen MR) is 81.8 cm³/mol. The molecular formula is C15H22N2O3S. The molecule has 2 N–H and O–H groups in total. The second kappa shape index (κ2) is 6.58. The fourth-order valence-corrected chi connectivity index (χ4v) is 3.93. The van der Waals surface area contributed by atoms with Crippen molar-refractivity contribution in [2.24, 2.45) is 0 Å². The van der Waals surface area contributed by atoms with Crippen LogP contribution in [0.5, 0.6) is 0 Å². The van der Waals surface area contributed by atoms with Crippen LogP contribution >= 0.6 is 0 Å². The summed E-state index contributed by atoms with van der Waals surface area (Å²) in [6.07, 6.45) is 3.89. The van der Waals surface area contributed by atoms with Gasteiger partial charge in [-0.15, -0.1) is 0 Å². The molecule has 2 rings (SSSR count). The van der Waals surface area contributed by atoms with Gasteiger partial charge in [-0.25, -0.2) is 13.1 Å². The third-order valence-corrected chi connectivity index (χ3v) is 5.30. The molecule has 1 aromatic carbocycles. The van der Waals surface area contributed by atoms with Crippen LogP contribution in [0.4, 0.5) is 0 Å². The maximum atomic E-state index is 12.4. The van der Waals surface area contributed by atoms with Crippen molar-refractivity contribution >= 4 is 15.9 Å². The number of amides is 1. The molecule has 0 atom stereocenters. The Hall–Kier alpha value is -1.40. The molecule has 1 amide bonds. The van der Waals surface area contributed by atoms with E-state index in [-0.39, 0.29) is 16.8 Å². The van der Waals surface area contributed by atoms with Crippen molar-refractivity contribution in [1.29, 1.82) is 0 Å². The lowest BCUT2D eigenvalue weighted by Crippen LogP contribution is -2.33. The Morgan fingerprint density at radius 1 is 1.29 bits per heavy atom. The molecule has 6 heteroatoms. The zero-order valence-corrected chi connectivity index (χ0v) is 13.3. The van der Waals surface area contributed by atoms with Gasteiger partial charge in [0.15, 0.2) is 0 Å². The zero-order valence-electron chi connectivity index (χ0n) is 12.5. The highest BCUT2D eigenvalue weighted by atomic mass is 32.2. The van der Waals surface area contributed by atoms with E-state index in [9.17, 15) is 13.2 Å². The van der Waals surface area contributed by atoms with E-state index in [0.717, 1.165) is 31.2 Å². The number of carbonyl (C=O) groups is 1. The van der Waals surface area contributed by atoms with Gasteiger partial charge >= 0.3 is 0 Å². The lowest BCUT2D eigenvalue weighted by atomic mass is 10.1. The summed E-state index contributed by atoms with van der Waals surface area (Å²) in [5, 5.41) is 2.70. The summed E-state index contributed by atoms with van der Waals surface area (Å²) in [6, 6.07) is 4.70. The molecule has 1 saturated carbocycles. The average molecular weight is 310 g/mol.